The van der Waals surface area contributed by atoms with Crippen molar-refractivity contribution in [1.29, 1.82) is 0 Å². The minimum Gasteiger partial charge on any atom is -0.491 e. The van der Waals surface area contributed by atoms with E-state index in [4.69, 9.17) is 18.9 Å². The van der Waals surface area contributed by atoms with E-state index in [9.17, 15) is 0 Å². The van der Waals surface area contributed by atoms with Crippen LogP contribution in [0.5, 0.6) is 17.2 Å². The fraction of sp³-hybridized carbons (Fsp3) is 0.368. The average molecular weight is 314 g/mol. The highest BCUT2D eigenvalue weighted by molar-refractivity contribution is 5.35. The summed E-state index contributed by atoms with van der Waals surface area (Å²) in [5.41, 5.74) is 0. The molecule has 0 radical (unpaired) electrons. The van der Waals surface area contributed by atoms with Gasteiger partial charge in [0.05, 0.1) is 6.61 Å². The van der Waals surface area contributed by atoms with Gasteiger partial charge in [0.25, 0.3) is 0 Å². The van der Waals surface area contributed by atoms with E-state index in [1.807, 2.05) is 54.6 Å². The summed E-state index contributed by atoms with van der Waals surface area (Å²) in [6.45, 7) is 3.22. The van der Waals surface area contributed by atoms with Gasteiger partial charge in [-0.3, -0.25) is 0 Å². The van der Waals surface area contributed by atoms with Gasteiger partial charge in [-0.2, -0.15) is 0 Å². The normalized spacial score (nSPS) is 20.4. The molecule has 0 saturated carbocycles. The van der Waals surface area contributed by atoms with Gasteiger partial charge in [-0.1, -0.05) is 31.5 Å². The Kier molecular flexibility index (Phi) is 5.51. The number of hydrogen-bond donors (Lipinski definition) is 0. The number of para-hydroxylation sites is 1. The molecular formula is C19H22O4. The van der Waals surface area contributed by atoms with Crippen LogP contribution in [-0.4, -0.2) is 25.6 Å². The van der Waals surface area contributed by atoms with Crippen molar-refractivity contribution in [2.24, 2.45) is 0 Å². The van der Waals surface area contributed by atoms with Crippen molar-refractivity contribution >= 4 is 0 Å². The van der Waals surface area contributed by atoms with Crippen molar-refractivity contribution in [3.05, 3.63) is 54.6 Å². The molecule has 122 valence electrons. The quantitative estimate of drug-likeness (QED) is 0.759. The molecule has 1 saturated heterocycles. The lowest BCUT2D eigenvalue weighted by Crippen LogP contribution is -2.20. The summed E-state index contributed by atoms with van der Waals surface area (Å²) >= 11 is 0. The number of ether oxygens (including phenoxy) is 4. The Morgan fingerprint density at radius 3 is 2.39 bits per heavy atom. The Morgan fingerprint density at radius 2 is 1.65 bits per heavy atom. The molecule has 0 aromatic heterocycles. The van der Waals surface area contributed by atoms with E-state index in [-0.39, 0.29) is 12.4 Å². The van der Waals surface area contributed by atoms with Crippen LogP contribution in [0.3, 0.4) is 0 Å². The Labute approximate surface area is 136 Å². The molecule has 1 aliphatic rings. The molecule has 2 aromatic rings. The molecule has 0 spiro atoms. The summed E-state index contributed by atoms with van der Waals surface area (Å²) in [6.07, 6.45) is 1.92. The molecule has 0 aliphatic carbocycles. The minimum absolute atomic E-state index is 0.00629. The topological polar surface area (TPSA) is 36.9 Å². The van der Waals surface area contributed by atoms with E-state index < -0.39 is 0 Å². The lowest BCUT2D eigenvalue weighted by atomic mass is 10.3. The fourth-order valence-corrected chi connectivity index (χ4v) is 2.40. The molecule has 23 heavy (non-hydrogen) atoms. The summed E-state index contributed by atoms with van der Waals surface area (Å²) in [7, 11) is 0. The molecular weight excluding hydrogens is 292 g/mol. The summed E-state index contributed by atoms with van der Waals surface area (Å²) in [5.74, 6) is 2.40. The van der Waals surface area contributed by atoms with Gasteiger partial charge in [0.15, 0.2) is 6.29 Å². The number of benzene rings is 2. The monoisotopic (exact) mass is 314 g/mol. The summed E-state index contributed by atoms with van der Waals surface area (Å²) in [6, 6.07) is 17.3. The molecule has 1 fully saturated rings. The van der Waals surface area contributed by atoms with Crippen LogP contribution in [0.15, 0.2) is 54.6 Å². The lowest BCUT2D eigenvalue weighted by molar-refractivity contribution is -0.0676. The van der Waals surface area contributed by atoms with Crippen LogP contribution in [0.1, 0.15) is 19.8 Å². The molecule has 0 bridgehead atoms. The zero-order chi connectivity index (χ0) is 15.9. The van der Waals surface area contributed by atoms with Crippen LogP contribution in [0, 0.1) is 0 Å². The molecule has 0 N–H and O–H groups in total. The molecule has 1 heterocycles. The summed E-state index contributed by atoms with van der Waals surface area (Å²) < 4.78 is 22.8. The van der Waals surface area contributed by atoms with E-state index in [0.29, 0.717) is 13.2 Å². The first-order chi connectivity index (χ1) is 11.3. The predicted molar refractivity (Wildman–Crippen MR) is 88.0 cm³/mol. The standard InChI is InChI=1S/C19H22O4/c1-2-6-19-21-14-18(23-19)13-20-15-9-11-17(12-10-15)22-16-7-4-3-5-8-16/h3-5,7-12,18-19H,2,6,13-14H2,1H3. The Balaban J connectivity index is 1.46. The molecule has 4 heteroatoms. The van der Waals surface area contributed by atoms with E-state index >= 15 is 0 Å². The number of rotatable bonds is 7. The summed E-state index contributed by atoms with van der Waals surface area (Å²) in [4.78, 5) is 0. The van der Waals surface area contributed by atoms with Crippen molar-refractivity contribution in [3.63, 3.8) is 0 Å². The average Bonchev–Trinajstić information content (AvgIpc) is 3.03. The molecule has 4 nitrogen and oxygen atoms in total. The second kappa shape index (κ2) is 7.99. The lowest BCUT2D eigenvalue weighted by Gasteiger charge is -2.12. The van der Waals surface area contributed by atoms with Gasteiger partial charge < -0.3 is 18.9 Å². The van der Waals surface area contributed by atoms with Crippen molar-refractivity contribution < 1.29 is 18.9 Å². The smallest absolute Gasteiger partial charge is 0.158 e. The molecule has 2 unspecified atom stereocenters. The SMILES string of the molecule is CCCC1OCC(COc2ccc(Oc3ccccc3)cc2)O1. The van der Waals surface area contributed by atoms with Gasteiger partial charge in [-0.05, 0) is 42.8 Å². The van der Waals surface area contributed by atoms with Crippen molar-refractivity contribution in [1.82, 2.24) is 0 Å². The van der Waals surface area contributed by atoms with Gasteiger partial charge in [0.2, 0.25) is 0 Å². The van der Waals surface area contributed by atoms with E-state index in [1.165, 1.54) is 0 Å². The maximum absolute atomic E-state index is 5.76. The Bertz CT molecular complexity index is 582. The highest BCUT2D eigenvalue weighted by atomic mass is 16.7. The van der Waals surface area contributed by atoms with Crippen LogP contribution in [0.4, 0.5) is 0 Å². The van der Waals surface area contributed by atoms with Crippen LogP contribution >= 0.6 is 0 Å². The summed E-state index contributed by atoms with van der Waals surface area (Å²) in [5, 5.41) is 0. The second-order valence-electron chi connectivity index (χ2n) is 5.51. The predicted octanol–water partition coefficient (Wildman–Crippen LogP) is 4.40. The molecule has 2 aromatic carbocycles. The van der Waals surface area contributed by atoms with Crippen molar-refractivity contribution in [2.45, 2.75) is 32.2 Å². The van der Waals surface area contributed by atoms with Gasteiger partial charge in [0, 0.05) is 0 Å². The molecule has 0 amide bonds. The maximum Gasteiger partial charge on any atom is 0.158 e. The zero-order valence-electron chi connectivity index (χ0n) is 13.3. The Morgan fingerprint density at radius 1 is 0.957 bits per heavy atom. The third-order valence-electron chi connectivity index (χ3n) is 3.58. The second-order valence-corrected chi connectivity index (χ2v) is 5.51. The third kappa shape index (κ3) is 4.71. The zero-order valence-corrected chi connectivity index (χ0v) is 13.3. The van der Waals surface area contributed by atoms with Crippen molar-refractivity contribution in [3.8, 4) is 17.2 Å². The first-order valence-corrected chi connectivity index (χ1v) is 8.06. The van der Waals surface area contributed by atoms with Gasteiger partial charge in [0.1, 0.15) is 30.0 Å². The highest BCUT2D eigenvalue weighted by Crippen LogP contribution is 2.24. The van der Waals surface area contributed by atoms with Gasteiger partial charge in [-0.15, -0.1) is 0 Å². The van der Waals surface area contributed by atoms with E-state index in [0.717, 1.165) is 30.1 Å². The highest BCUT2D eigenvalue weighted by Gasteiger charge is 2.25. The van der Waals surface area contributed by atoms with E-state index in [1.54, 1.807) is 0 Å². The van der Waals surface area contributed by atoms with Crippen LogP contribution < -0.4 is 9.47 Å². The Hall–Kier alpha value is -2.04. The van der Waals surface area contributed by atoms with Crippen molar-refractivity contribution in [2.75, 3.05) is 13.2 Å². The van der Waals surface area contributed by atoms with E-state index in [2.05, 4.69) is 6.92 Å². The largest absolute Gasteiger partial charge is 0.491 e. The van der Waals surface area contributed by atoms with Crippen LogP contribution in [-0.2, 0) is 9.47 Å². The first-order valence-electron chi connectivity index (χ1n) is 8.06. The molecule has 2 atom stereocenters. The maximum atomic E-state index is 5.76. The molecule has 3 rings (SSSR count). The number of hydrogen-bond acceptors (Lipinski definition) is 4. The van der Waals surface area contributed by atoms with Crippen LogP contribution in [0.25, 0.3) is 0 Å². The molecule has 1 aliphatic heterocycles. The first kappa shape index (κ1) is 15.8. The van der Waals surface area contributed by atoms with Gasteiger partial charge >= 0.3 is 0 Å². The third-order valence-corrected chi connectivity index (χ3v) is 3.58. The van der Waals surface area contributed by atoms with Crippen LogP contribution in [0.2, 0.25) is 0 Å². The minimum atomic E-state index is -0.0738. The fourth-order valence-electron chi connectivity index (χ4n) is 2.40. The van der Waals surface area contributed by atoms with Gasteiger partial charge in [-0.25, -0.2) is 0 Å².